The molecule has 1 aliphatic carbocycles. The van der Waals surface area contributed by atoms with Crippen molar-refractivity contribution in [2.75, 3.05) is 26.3 Å². The van der Waals surface area contributed by atoms with Crippen LogP contribution in [0.5, 0.6) is 0 Å². The van der Waals surface area contributed by atoms with E-state index < -0.39 is 0 Å². The monoisotopic (exact) mass is 317 g/mol. The molecular formula is C19H27NO3. The van der Waals surface area contributed by atoms with Crippen LogP contribution in [0.3, 0.4) is 0 Å². The second-order valence-electron chi connectivity index (χ2n) is 7.05. The lowest BCUT2D eigenvalue weighted by Crippen LogP contribution is -2.32. The van der Waals surface area contributed by atoms with E-state index in [-0.39, 0.29) is 24.0 Å². The summed E-state index contributed by atoms with van der Waals surface area (Å²) in [5, 5.41) is 9.34. The number of amides is 1. The number of aliphatic hydroxyl groups excluding tert-OH is 1. The number of hydrogen-bond donors (Lipinski definition) is 1. The van der Waals surface area contributed by atoms with Crippen molar-refractivity contribution < 1.29 is 14.6 Å². The molecule has 4 heteroatoms. The van der Waals surface area contributed by atoms with E-state index in [0.29, 0.717) is 13.0 Å². The molecule has 1 heterocycles. The number of rotatable bonds is 8. The first-order chi connectivity index (χ1) is 11.2. The Bertz CT molecular complexity index is 513. The van der Waals surface area contributed by atoms with Gasteiger partial charge in [0.1, 0.15) is 0 Å². The van der Waals surface area contributed by atoms with Crippen LogP contribution in [0.2, 0.25) is 0 Å². The Hall–Kier alpha value is -1.39. The van der Waals surface area contributed by atoms with Crippen molar-refractivity contribution in [3.8, 4) is 0 Å². The van der Waals surface area contributed by atoms with E-state index >= 15 is 0 Å². The van der Waals surface area contributed by atoms with Gasteiger partial charge in [0.15, 0.2) is 0 Å². The standard InChI is InChI=1S/C19H27NO3/c21-15-19(9-10-19)13-18(22)20-11-8-17(14-20)23-12-4-7-16-5-2-1-3-6-16/h1-3,5-6,17,21H,4,7-15H2/t17-/m0/s1. The number of benzene rings is 1. The van der Waals surface area contributed by atoms with Crippen molar-refractivity contribution in [1.82, 2.24) is 4.90 Å². The van der Waals surface area contributed by atoms with E-state index in [1.807, 2.05) is 11.0 Å². The Morgan fingerprint density at radius 2 is 2.09 bits per heavy atom. The molecule has 1 aliphatic heterocycles. The fourth-order valence-corrected chi connectivity index (χ4v) is 3.26. The molecule has 3 rings (SSSR count). The summed E-state index contributed by atoms with van der Waals surface area (Å²) in [6, 6.07) is 10.5. The molecule has 0 spiro atoms. The van der Waals surface area contributed by atoms with Gasteiger partial charge in [-0.05, 0) is 37.7 Å². The quantitative estimate of drug-likeness (QED) is 0.749. The third-order valence-electron chi connectivity index (χ3n) is 5.12. The van der Waals surface area contributed by atoms with Gasteiger partial charge >= 0.3 is 0 Å². The minimum atomic E-state index is -0.0916. The predicted molar refractivity (Wildman–Crippen MR) is 89.1 cm³/mol. The topological polar surface area (TPSA) is 49.8 Å². The predicted octanol–water partition coefficient (Wildman–Crippen LogP) is 2.40. The molecule has 1 N–H and O–H groups in total. The average Bonchev–Trinajstić information content (AvgIpc) is 3.19. The molecule has 2 aliphatic rings. The number of aryl methyl sites for hydroxylation is 1. The van der Waals surface area contributed by atoms with Crippen molar-refractivity contribution in [2.45, 2.75) is 44.6 Å². The molecule has 1 aromatic carbocycles. The zero-order valence-electron chi connectivity index (χ0n) is 13.7. The normalized spacial score (nSPS) is 22.3. The first kappa shape index (κ1) is 16.5. The average molecular weight is 317 g/mol. The Labute approximate surface area is 138 Å². The number of hydrogen-bond acceptors (Lipinski definition) is 3. The molecule has 0 aromatic heterocycles. The summed E-state index contributed by atoms with van der Waals surface area (Å²) in [6.45, 7) is 2.41. The first-order valence-corrected chi connectivity index (χ1v) is 8.75. The van der Waals surface area contributed by atoms with Gasteiger partial charge in [0.25, 0.3) is 0 Å². The summed E-state index contributed by atoms with van der Waals surface area (Å²) in [4.78, 5) is 14.2. The van der Waals surface area contributed by atoms with Crippen LogP contribution in [0, 0.1) is 5.41 Å². The summed E-state index contributed by atoms with van der Waals surface area (Å²) >= 11 is 0. The van der Waals surface area contributed by atoms with Crippen molar-refractivity contribution in [1.29, 1.82) is 0 Å². The van der Waals surface area contributed by atoms with Gasteiger partial charge in [0.05, 0.1) is 6.10 Å². The Kier molecular flexibility index (Phi) is 5.34. The van der Waals surface area contributed by atoms with Crippen LogP contribution in [-0.2, 0) is 16.0 Å². The van der Waals surface area contributed by atoms with Crippen molar-refractivity contribution in [3.63, 3.8) is 0 Å². The van der Waals surface area contributed by atoms with E-state index in [1.54, 1.807) is 0 Å². The molecule has 2 fully saturated rings. The fourth-order valence-electron chi connectivity index (χ4n) is 3.26. The third kappa shape index (κ3) is 4.55. The Morgan fingerprint density at radius 3 is 2.78 bits per heavy atom. The van der Waals surface area contributed by atoms with Gasteiger partial charge in [-0.25, -0.2) is 0 Å². The van der Waals surface area contributed by atoms with Crippen LogP contribution in [0.4, 0.5) is 0 Å². The van der Waals surface area contributed by atoms with Gasteiger partial charge in [-0.3, -0.25) is 4.79 Å². The highest BCUT2D eigenvalue weighted by Crippen LogP contribution is 2.48. The Morgan fingerprint density at radius 1 is 1.30 bits per heavy atom. The minimum Gasteiger partial charge on any atom is -0.396 e. The molecule has 1 saturated carbocycles. The van der Waals surface area contributed by atoms with E-state index in [2.05, 4.69) is 24.3 Å². The highest BCUT2D eigenvalue weighted by molar-refractivity contribution is 5.77. The highest BCUT2D eigenvalue weighted by atomic mass is 16.5. The van der Waals surface area contributed by atoms with Crippen LogP contribution >= 0.6 is 0 Å². The first-order valence-electron chi connectivity index (χ1n) is 8.75. The van der Waals surface area contributed by atoms with Crippen molar-refractivity contribution >= 4 is 5.91 Å². The molecule has 126 valence electrons. The van der Waals surface area contributed by atoms with Crippen LogP contribution < -0.4 is 0 Å². The number of likely N-dealkylation sites (tertiary alicyclic amines) is 1. The van der Waals surface area contributed by atoms with Gasteiger partial charge < -0.3 is 14.7 Å². The summed E-state index contributed by atoms with van der Waals surface area (Å²) in [5.74, 6) is 0.187. The number of nitrogens with zero attached hydrogens (tertiary/aromatic N) is 1. The summed E-state index contributed by atoms with van der Waals surface area (Å²) in [6.07, 6.45) is 5.65. The number of aliphatic hydroxyl groups is 1. The zero-order valence-corrected chi connectivity index (χ0v) is 13.7. The van der Waals surface area contributed by atoms with Gasteiger partial charge in [-0.1, -0.05) is 30.3 Å². The molecule has 4 nitrogen and oxygen atoms in total. The zero-order chi connectivity index (χ0) is 16.1. The van der Waals surface area contributed by atoms with Crippen molar-refractivity contribution in [2.24, 2.45) is 5.41 Å². The number of carbonyl (C=O) groups is 1. The summed E-state index contributed by atoms with van der Waals surface area (Å²) in [7, 11) is 0. The van der Waals surface area contributed by atoms with Crippen LogP contribution in [0.1, 0.15) is 37.7 Å². The van der Waals surface area contributed by atoms with Gasteiger partial charge in [-0.15, -0.1) is 0 Å². The number of carbonyl (C=O) groups excluding carboxylic acids is 1. The third-order valence-corrected chi connectivity index (χ3v) is 5.12. The van der Waals surface area contributed by atoms with E-state index in [9.17, 15) is 9.90 Å². The largest absolute Gasteiger partial charge is 0.396 e. The second-order valence-corrected chi connectivity index (χ2v) is 7.05. The molecular weight excluding hydrogens is 290 g/mol. The summed E-state index contributed by atoms with van der Waals surface area (Å²) in [5.41, 5.74) is 1.25. The maximum Gasteiger partial charge on any atom is 0.223 e. The molecule has 1 atom stereocenters. The summed E-state index contributed by atoms with van der Waals surface area (Å²) < 4.78 is 5.93. The van der Waals surface area contributed by atoms with Crippen molar-refractivity contribution in [3.05, 3.63) is 35.9 Å². The molecule has 1 amide bonds. The number of ether oxygens (including phenoxy) is 1. The maximum absolute atomic E-state index is 12.3. The lowest BCUT2D eigenvalue weighted by molar-refractivity contribution is -0.132. The highest BCUT2D eigenvalue weighted by Gasteiger charge is 2.45. The molecule has 0 unspecified atom stereocenters. The van der Waals surface area contributed by atoms with Crippen LogP contribution in [-0.4, -0.2) is 48.3 Å². The van der Waals surface area contributed by atoms with Gasteiger partial charge in [-0.2, -0.15) is 0 Å². The smallest absolute Gasteiger partial charge is 0.223 e. The lowest BCUT2D eigenvalue weighted by atomic mass is 10.0. The van der Waals surface area contributed by atoms with Crippen LogP contribution in [0.15, 0.2) is 30.3 Å². The lowest BCUT2D eigenvalue weighted by Gasteiger charge is -2.19. The van der Waals surface area contributed by atoms with Crippen LogP contribution in [0.25, 0.3) is 0 Å². The molecule has 1 aromatic rings. The molecule has 23 heavy (non-hydrogen) atoms. The fraction of sp³-hybridized carbons (Fsp3) is 0.632. The minimum absolute atomic E-state index is 0.0916. The maximum atomic E-state index is 12.3. The second kappa shape index (κ2) is 7.45. The molecule has 1 saturated heterocycles. The Balaban J connectivity index is 1.33. The SMILES string of the molecule is O=C(CC1(CO)CC1)N1CC[C@H](OCCCc2ccccc2)C1. The molecule has 0 bridgehead atoms. The van der Waals surface area contributed by atoms with Gasteiger partial charge in [0.2, 0.25) is 5.91 Å². The van der Waals surface area contributed by atoms with E-state index in [0.717, 1.165) is 45.3 Å². The molecule has 0 radical (unpaired) electrons. The van der Waals surface area contributed by atoms with Gasteiger partial charge in [0, 0.05) is 38.1 Å². The van der Waals surface area contributed by atoms with E-state index in [4.69, 9.17) is 4.74 Å². The van der Waals surface area contributed by atoms with E-state index in [1.165, 1.54) is 5.56 Å².